The fraction of sp³-hybridized carbons (Fsp3) is 0.533. The Morgan fingerprint density at radius 3 is 3.00 bits per heavy atom. The molecule has 1 aliphatic rings. The van der Waals surface area contributed by atoms with Gasteiger partial charge >= 0.3 is 0 Å². The van der Waals surface area contributed by atoms with E-state index in [-0.39, 0.29) is 11.7 Å². The van der Waals surface area contributed by atoms with Crippen LogP contribution in [-0.2, 0) is 11.2 Å². The lowest BCUT2D eigenvalue weighted by Gasteiger charge is -2.36. The van der Waals surface area contributed by atoms with Crippen LogP contribution in [-0.4, -0.2) is 34.6 Å². The number of amides is 1. The van der Waals surface area contributed by atoms with Gasteiger partial charge in [-0.15, -0.1) is 0 Å². The molecule has 2 rings (SSSR count). The maximum Gasteiger partial charge on any atom is 0.222 e. The third-order valence-corrected chi connectivity index (χ3v) is 4.42. The van der Waals surface area contributed by atoms with E-state index in [1.807, 2.05) is 0 Å². The average Bonchev–Trinajstić information content (AvgIpc) is 2.38. The van der Waals surface area contributed by atoms with Crippen molar-refractivity contribution < 1.29 is 14.3 Å². The number of carbonyl (C=O) groups is 1. The average molecular weight is 344 g/mol. The maximum absolute atomic E-state index is 13.2. The lowest BCUT2D eigenvalue weighted by Crippen LogP contribution is -2.48. The standard InChI is InChI=1S/C15H19BrFNO2/c1-15(20)7-2-8-18(10-15)14(19)6-3-11-9-12(17)4-5-13(11)16/h4-5,9,20H,2-3,6-8,10H2,1H3/t15-/m0/s1. The minimum absolute atomic E-state index is 0.0149. The van der Waals surface area contributed by atoms with Gasteiger partial charge in [-0.1, -0.05) is 15.9 Å². The molecule has 1 aromatic carbocycles. The van der Waals surface area contributed by atoms with E-state index in [1.54, 1.807) is 17.9 Å². The Morgan fingerprint density at radius 1 is 1.55 bits per heavy atom. The Hall–Kier alpha value is -0.940. The Labute approximate surface area is 126 Å². The van der Waals surface area contributed by atoms with Gasteiger partial charge < -0.3 is 10.0 Å². The molecular formula is C15H19BrFNO2. The second-order valence-electron chi connectivity index (χ2n) is 5.65. The van der Waals surface area contributed by atoms with Crippen molar-refractivity contribution in [1.29, 1.82) is 0 Å². The molecule has 0 unspecified atom stereocenters. The zero-order valence-corrected chi connectivity index (χ0v) is 13.1. The predicted molar refractivity (Wildman–Crippen MR) is 78.9 cm³/mol. The van der Waals surface area contributed by atoms with Gasteiger partial charge in [0.1, 0.15) is 5.82 Å². The fourth-order valence-electron chi connectivity index (χ4n) is 2.57. The van der Waals surface area contributed by atoms with Gasteiger partial charge in [0.2, 0.25) is 5.91 Å². The van der Waals surface area contributed by atoms with Gasteiger partial charge in [-0.2, -0.15) is 0 Å². The second-order valence-corrected chi connectivity index (χ2v) is 6.51. The first-order chi connectivity index (χ1) is 9.37. The summed E-state index contributed by atoms with van der Waals surface area (Å²) in [4.78, 5) is 13.9. The molecule has 1 amide bonds. The van der Waals surface area contributed by atoms with Crippen LogP contribution >= 0.6 is 15.9 Å². The number of benzene rings is 1. The predicted octanol–water partition coefficient (Wildman–Crippen LogP) is 2.89. The number of piperidine rings is 1. The number of nitrogens with zero attached hydrogens (tertiary/aromatic N) is 1. The highest BCUT2D eigenvalue weighted by Gasteiger charge is 2.30. The van der Waals surface area contributed by atoms with Crippen molar-refractivity contribution in [2.75, 3.05) is 13.1 Å². The highest BCUT2D eigenvalue weighted by atomic mass is 79.9. The van der Waals surface area contributed by atoms with Crippen molar-refractivity contribution in [3.8, 4) is 0 Å². The summed E-state index contributed by atoms with van der Waals surface area (Å²) in [5.41, 5.74) is 0.00925. The fourth-order valence-corrected chi connectivity index (χ4v) is 3.01. The number of hydrogen-bond donors (Lipinski definition) is 1. The normalized spacial score (nSPS) is 22.9. The number of carbonyl (C=O) groups excluding carboxylic acids is 1. The van der Waals surface area contributed by atoms with Gasteiger partial charge in [-0.05, 0) is 49.9 Å². The molecule has 1 aromatic rings. The van der Waals surface area contributed by atoms with E-state index in [9.17, 15) is 14.3 Å². The lowest BCUT2D eigenvalue weighted by atomic mass is 9.95. The number of likely N-dealkylation sites (tertiary alicyclic amines) is 1. The van der Waals surface area contributed by atoms with Gasteiger partial charge in [0.05, 0.1) is 5.60 Å². The molecule has 0 saturated carbocycles. The van der Waals surface area contributed by atoms with Crippen LogP contribution in [0.2, 0.25) is 0 Å². The van der Waals surface area contributed by atoms with Crippen LogP contribution < -0.4 is 0 Å². The van der Waals surface area contributed by atoms with Crippen LogP contribution in [0.4, 0.5) is 4.39 Å². The van der Waals surface area contributed by atoms with E-state index in [2.05, 4.69) is 15.9 Å². The number of β-amino-alcohol motifs (C(OH)–C–C–N with tert-alkyl or cyclic N) is 1. The highest BCUT2D eigenvalue weighted by Crippen LogP contribution is 2.23. The summed E-state index contributed by atoms with van der Waals surface area (Å²) in [6.45, 7) is 2.84. The van der Waals surface area contributed by atoms with Gasteiger partial charge in [-0.3, -0.25) is 4.79 Å². The number of rotatable bonds is 3. The van der Waals surface area contributed by atoms with Crippen molar-refractivity contribution in [2.24, 2.45) is 0 Å². The molecule has 110 valence electrons. The van der Waals surface area contributed by atoms with E-state index in [1.165, 1.54) is 12.1 Å². The Balaban J connectivity index is 1.93. The Morgan fingerprint density at radius 2 is 2.30 bits per heavy atom. The summed E-state index contributed by atoms with van der Waals surface area (Å²) in [5.74, 6) is -0.280. The number of hydrogen-bond acceptors (Lipinski definition) is 2. The summed E-state index contributed by atoms with van der Waals surface area (Å²) < 4.78 is 14.0. The van der Waals surface area contributed by atoms with E-state index < -0.39 is 5.60 Å². The molecule has 1 heterocycles. The monoisotopic (exact) mass is 343 g/mol. The van der Waals surface area contributed by atoms with E-state index >= 15 is 0 Å². The molecule has 1 atom stereocenters. The minimum Gasteiger partial charge on any atom is -0.388 e. The molecule has 0 radical (unpaired) electrons. The quantitative estimate of drug-likeness (QED) is 0.916. The van der Waals surface area contributed by atoms with Crippen molar-refractivity contribution >= 4 is 21.8 Å². The molecule has 1 saturated heterocycles. The lowest BCUT2D eigenvalue weighted by molar-refractivity contribution is -0.137. The molecule has 0 spiro atoms. The van der Waals surface area contributed by atoms with Gasteiger partial charge in [0.25, 0.3) is 0 Å². The third-order valence-electron chi connectivity index (χ3n) is 3.64. The van der Waals surface area contributed by atoms with E-state index in [0.717, 1.165) is 22.9 Å². The first-order valence-corrected chi connectivity index (χ1v) is 7.61. The Kier molecular flexibility index (Phi) is 4.81. The van der Waals surface area contributed by atoms with Crippen LogP contribution in [0.5, 0.6) is 0 Å². The first kappa shape index (κ1) is 15.4. The molecule has 0 aromatic heterocycles. The van der Waals surface area contributed by atoms with Crippen LogP contribution in [0.25, 0.3) is 0 Å². The topological polar surface area (TPSA) is 40.5 Å². The Bertz CT molecular complexity index is 505. The SMILES string of the molecule is C[C@]1(O)CCCN(C(=O)CCc2cc(F)ccc2Br)C1. The molecule has 0 bridgehead atoms. The molecule has 20 heavy (non-hydrogen) atoms. The van der Waals surface area contributed by atoms with Crippen LogP contribution in [0.1, 0.15) is 31.7 Å². The molecule has 3 nitrogen and oxygen atoms in total. The zero-order valence-electron chi connectivity index (χ0n) is 11.5. The molecule has 5 heteroatoms. The van der Waals surface area contributed by atoms with E-state index in [0.29, 0.717) is 25.9 Å². The molecule has 1 fully saturated rings. The third kappa shape index (κ3) is 4.03. The summed E-state index contributed by atoms with van der Waals surface area (Å²) in [5, 5.41) is 10.0. The highest BCUT2D eigenvalue weighted by molar-refractivity contribution is 9.10. The van der Waals surface area contributed by atoms with Crippen molar-refractivity contribution in [3.63, 3.8) is 0 Å². The van der Waals surface area contributed by atoms with Gasteiger partial charge in [-0.25, -0.2) is 4.39 Å². The largest absolute Gasteiger partial charge is 0.388 e. The second kappa shape index (κ2) is 6.22. The number of halogens is 2. The van der Waals surface area contributed by atoms with Crippen LogP contribution in [0.3, 0.4) is 0 Å². The summed E-state index contributed by atoms with van der Waals surface area (Å²) >= 11 is 3.36. The summed E-state index contributed by atoms with van der Waals surface area (Å²) in [6.07, 6.45) is 2.38. The molecule has 1 aliphatic heterocycles. The van der Waals surface area contributed by atoms with Crippen molar-refractivity contribution in [1.82, 2.24) is 4.90 Å². The smallest absolute Gasteiger partial charge is 0.222 e. The summed E-state index contributed by atoms with van der Waals surface area (Å²) in [6, 6.07) is 4.49. The van der Waals surface area contributed by atoms with Crippen molar-refractivity contribution in [2.45, 2.75) is 38.2 Å². The van der Waals surface area contributed by atoms with Crippen LogP contribution in [0.15, 0.2) is 22.7 Å². The number of aryl methyl sites for hydroxylation is 1. The van der Waals surface area contributed by atoms with Crippen molar-refractivity contribution in [3.05, 3.63) is 34.1 Å². The molecule has 0 aliphatic carbocycles. The van der Waals surface area contributed by atoms with Gasteiger partial charge in [0.15, 0.2) is 0 Å². The van der Waals surface area contributed by atoms with Crippen LogP contribution in [0, 0.1) is 5.82 Å². The minimum atomic E-state index is -0.784. The van der Waals surface area contributed by atoms with Gasteiger partial charge in [0, 0.05) is 24.0 Å². The number of aliphatic hydroxyl groups is 1. The summed E-state index contributed by atoms with van der Waals surface area (Å²) in [7, 11) is 0. The maximum atomic E-state index is 13.2. The first-order valence-electron chi connectivity index (χ1n) is 6.81. The molecular weight excluding hydrogens is 325 g/mol. The molecule has 1 N–H and O–H groups in total. The van der Waals surface area contributed by atoms with E-state index in [4.69, 9.17) is 0 Å². The zero-order chi connectivity index (χ0) is 14.8.